The second-order valence-electron chi connectivity index (χ2n) is 3.66. The largest absolute Gasteiger partial charge is 0.361 e. The summed E-state index contributed by atoms with van der Waals surface area (Å²) < 4.78 is 5.00. The molecule has 1 aliphatic rings. The highest BCUT2D eigenvalue weighted by Crippen LogP contribution is 2.21. The summed E-state index contributed by atoms with van der Waals surface area (Å²) >= 11 is 0. The molecule has 14 heavy (non-hydrogen) atoms. The van der Waals surface area contributed by atoms with Crippen LogP contribution in [0.25, 0.3) is 0 Å². The third-order valence-electron chi connectivity index (χ3n) is 2.41. The van der Waals surface area contributed by atoms with Crippen molar-refractivity contribution in [3.63, 3.8) is 0 Å². The van der Waals surface area contributed by atoms with Gasteiger partial charge in [0.25, 0.3) is 5.91 Å². The van der Waals surface area contributed by atoms with Crippen molar-refractivity contribution >= 4 is 5.91 Å². The summed E-state index contributed by atoms with van der Waals surface area (Å²) in [7, 11) is 0. The van der Waals surface area contributed by atoms with Crippen LogP contribution < -0.4 is 5.32 Å². The monoisotopic (exact) mass is 194 g/mol. The molecule has 4 nitrogen and oxygen atoms in total. The SMILES string of the molecule is CCc1noc(C)c1C(=O)NC1CC1. The molecule has 2 rings (SSSR count). The number of aryl methyl sites for hydroxylation is 2. The van der Waals surface area contributed by atoms with Gasteiger partial charge in [-0.2, -0.15) is 0 Å². The molecule has 1 aromatic heterocycles. The normalized spacial score (nSPS) is 15.6. The smallest absolute Gasteiger partial charge is 0.257 e. The maximum atomic E-state index is 11.7. The Hall–Kier alpha value is -1.32. The van der Waals surface area contributed by atoms with E-state index in [1.54, 1.807) is 6.92 Å². The van der Waals surface area contributed by atoms with Gasteiger partial charge in [0, 0.05) is 6.04 Å². The minimum atomic E-state index is -0.0388. The van der Waals surface area contributed by atoms with Gasteiger partial charge in [-0.3, -0.25) is 4.79 Å². The molecule has 0 radical (unpaired) electrons. The lowest BCUT2D eigenvalue weighted by Crippen LogP contribution is -2.26. The number of aromatic nitrogens is 1. The van der Waals surface area contributed by atoms with Crippen molar-refractivity contribution in [2.24, 2.45) is 0 Å². The molecule has 1 amide bonds. The zero-order valence-electron chi connectivity index (χ0n) is 8.46. The number of amides is 1. The number of carbonyl (C=O) groups excluding carboxylic acids is 1. The maximum absolute atomic E-state index is 11.7. The van der Waals surface area contributed by atoms with Gasteiger partial charge in [0.2, 0.25) is 0 Å². The fraction of sp³-hybridized carbons (Fsp3) is 0.600. The van der Waals surface area contributed by atoms with Gasteiger partial charge in [-0.1, -0.05) is 12.1 Å². The van der Waals surface area contributed by atoms with E-state index in [1.165, 1.54) is 0 Å². The van der Waals surface area contributed by atoms with Gasteiger partial charge in [-0.25, -0.2) is 0 Å². The summed E-state index contributed by atoms with van der Waals surface area (Å²) in [4.78, 5) is 11.7. The molecule has 1 heterocycles. The van der Waals surface area contributed by atoms with Gasteiger partial charge in [-0.15, -0.1) is 0 Å². The van der Waals surface area contributed by atoms with Crippen LogP contribution in [0.15, 0.2) is 4.52 Å². The highest BCUT2D eigenvalue weighted by atomic mass is 16.5. The van der Waals surface area contributed by atoms with Crippen LogP contribution in [0.4, 0.5) is 0 Å². The average molecular weight is 194 g/mol. The van der Waals surface area contributed by atoms with Gasteiger partial charge in [-0.05, 0) is 26.2 Å². The van der Waals surface area contributed by atoms with Crippen molar-refractivity contribution in [1.82, 2.24) is 10.5 Å². The molecule has 0 aliphatic heterocycles. The number of rotatable bonds is 3. The second kappa shape index (κ2) is 3.44. The number of nitrogens with one attached hydrogen (secondary N) is 1. The fourth-order valence-electron chi connectivity index (χ4n) is 1.44. The molecule has 1 aliphatic carbocycles. The van der Waals surface area contributed by atoms with Gasteiger partial charge >= 0.3 is 0 Å². The first kappa shape index (κ1) is 9.24. The van der Waals surface area contributed by atoms with Gasteiger partial charge < -0.3 is 9.84 Å². The van der Waals surface area contributed by atoms with E-state index in [-0.39, 0.29) is 5.91 Å². The molecule has 1 fully saturated rings. The Balaban J connectivity index is 2.19. The highest BCUT2D eigenvalue weighted by Gasteiger charge is 2.27. The number of hydrogen-bond donors (Lipinski definition) is 1. The topological polar surface area (TPSA) is 55.1 Å². The third-order valence-corrected chi connectivity index (χ3v) is 2.41. The van der Waals surface area contributed by atoms with E-state index in [0.717, 1.165) is 25.0 Å². The average Bonchev–Trinajstić information content (AvgIpc) is 2.87. The van der Waals surface area contributed by atoms with E-state index in [9.17, 15) is 4.79 Å². The fourth-order valence-corrected chi connectivity index (χ4v) is 1.44. The van der Waals surface area contributed by atoms with Crippen LogP contribution in [0.5, 0.6) is 0 Å². The summed E-state index contributed by atoms with van der Waals surface area (Å²) in [6.07, 6.45) is 2.92. The first-order chi connectivity index (χ1) is 6.72. The van der Waals surface area contributed by atoms with Crippen LogP contribution in [0.1, 0.15) is 41.6 Å². The van der Waals surface area contributed by atoms with Crippen molar-refractivity contribution in [3.05, 3.63) is 17.0 Å². The predicted octanol–water partition coefficient (Wildman–Crippen LogP) is 1.44. The quantitative estimate of drug-likeness (QED) is 0.792. The zero-order valence-corrected chi connectivity index (χ0v) is 8.46. The summed E-state index contributed by atoms with van der Waals surface area (Å²) in [6.45, 7) is 3.74. The molecule has 0 aromatic carbocycles. The van der Waals surface area contributed by atoms with Crippen LogP contribution in [-0.2, 0) is 6.42 Å². The molecule has 0 unspecified atom stereocenters. The third kappa shape index (κ3) is 1.64. The first-order valence-electron chi connectivity index (χ1n) is 4.98. The van der Waals surface area contributed by atoms with Crippen molar-refractivity contribution in [1.29, 1.82) is 0 Å². The molecule has 0 bridgehead atoms. The van der Waals surface area contributed by atoms with E-state index in [4.69, 9.17) is 4.52 Å². The molecule has 0 saturated heterocycles. The van der Waals surface area contributed by atoms with E-state index in [0.29, 0.717) is 17.4 Å². The van der Waals surface area contributed by atoms with E-state index in [2.05, 4.69) is 10.5 Å². The van der Waals surface area contributed by atoms with Gasteiger partial charge in [0.1, 0.15) is 11.3 Å². The predicted molar refractivity (Wildman–Crippen MR) is 51.1 cm³/mol. The van der Waals surface area contributed by atoms with Crippen molar-refractivity contribution in [3.8, 4) is 0 Å². The Morgan fingerprint density at radius 1 is 1.64 bits per heavy atom. The molecule has 0 spiro atoms. The molecule has 1 N–H and O–H groups in total. The summed E-state index contributed by atoms with van der Waals surface area (Å²) in [6, 6.07) is 0.376. The van der Waals surface area contributed by atoms with E-state index in [1.807, 2.05) is 6.92 Å². The van der Waals surface area contributed by atoms with Crippen molar-refractivity contribution in [2.45, 2.75) is 39.2 Å². The van der Waals surface area contributed by atoms with Crippen molar-refractivity contribution in [2.75, 3.05) is 0 Å². The van der Waals surface area contributed by atoms with Crippen LogP contribution >= 0.6 is 0 Å². The Morgan fingerprint density at radius 3 is 2.93 bits per heavy atom. The van der Waals surface area contributed by atoms with Crippen LogP contribution in [0, 0.1) is 6.92 Å². The number of carbonyl (C=O) groups is 1. The van der Waals surface area contributed by atoms with Crippen LogP contribution in [0.2, 0.25) is 0 Å². The van der Waals surface area contributed by atoms with Gasteiger partial charge in [0.15, 0.2) is 0 Å². The van der Waals surface area contributed by atoms with Gasteiger partial charge in [0.05, 0.1) is 5.69 Å². The Labute approximate surface area is 82.7 Å². The highest BCUT2D eigenvalue weighted by molar-refractivity contribution is 5.96. The minimum absolute atomic E-state index is 0.0388. The lowest BCUT2D eigenvalue weighted by molar-refractivity contribution is 0.0949. The molecule has 4 heteroatoms. The number of nitrogens with zero attached hydrogens (tertiary/aromatic N) is 1. The maximum Gasteiger partial charge on any atom is 0.257 e. The molecule has 0 atom stereocenters. The molecule has 76 valence electrons. The van der Waals surface area contributed by atoms with Crippen LogP contribution in [0.3, 0.4) is 0 Å². The molecular formula is C10H14N2O2. The molecular weight excluding hydrogens is 180 g/mol. The molecule has 1 aromatic rings. The molecule has 1 saturated carbocycles. The zero-order chi connectivity index (χ0) is 10.1. The summed E-state index contributed by atoms with van der Waals surface area (Å²) in [5, 5.41) is 6.78. The Kier molecular flexibility index (Phi) is 2.27. The second-order valence-corrected chi connectivity index (χ2v) is 3.66. The lowest BCUT2D eigenvalue weighted by atomic mass is 10.1. The Bertz CT molecular complexity index is 353. The standard InChI is InChI=1S/C10H14N2O2/c1-3-8-9(6(2)14-12-8)10(13)11-7-4-5-7/h7H,3-5H2,1-2H3,(H,11,13). The minimum Gasteiger partial charge on any atom is -0.361 e. The lowest BCUT2D eigenvalue weighted by Gasteiger charge is -2.01. The van der Waals surface area contributed by atoms with E-state index >= 15 is 0 Å². The first-order valence-corrected chi connectivity index (χ1v) is 4.98. The van der Waals surface area contributed by atoms with Crippen LogP contribution in [-0.4, -0.2) is 17.1 Å². The number of hydrogen-bond acceptors (Lipinski definition) is 3. The summed E-state index contributed by atoms with van der Waals surface area (Å²) in [5.41, 5.74) is 1.38. The van der Waals surface area contributed by atoms with E-state index < -0.39 is 0 Å². The Morgan fingerprint density at radius 2 is 2.36 bits per heavy atom. The van der Waals surface area contributed by atoms with Crippen molar-refractivity contribution < 1.29 is 9.32 Å². The summed E-state index contributed by atoms with van der Waals surface area (Å²) in [5.74, 6) is 0.572.